The van der Waals surface area contributed by atoms with Crippen molar-refractivity contribution in [2.24, 2.45) is 0 Å². The van der Waals surface area contributed by atoms with Gasteiger partial charge in [0.2, 0.25) is 0 Å². The van der Waals surface area contributed by atoms with Gasteiger partial charge < -0.3 is 24.4 Å². The Kier molecular flexibility index (Phi) is 5.41. The zero-order valence-electron chi connectivity index (χ0n) is 11.9. The molecule has 1 saturated heterocycles. The fraction of sp³-hybridized carbons (Fsp3) is 0.833. The summed E-state index contributed by atoms with van der Waals surface area (Å²) in [6.07, 6.45) is -1.13. The second-order valence-corrected chi connectivity index (χ2v) is 5.29. The maximum atomic E-state index is 11.9. The first-order valence-electron chi connectivity index (χ1n) is 6.23. The van der Waals surface area contributed by atoms with E-state index in [1.165, 1.54) is 7.11 Å². The fourth-order valence-electron chi connectivity index (χ4n) is 1.60. The Morgan fingerprint density at radius 2 is 2.11 bits per heavy atom. The molecule has 7 nitrogen and oxygen atoms in total. The summed E-state index contributed by atoms with van der Waals surface area (Å²) in [6, 6.07) is 0. The summed E-state index contributed by atoms with van der Waals surface area (Å²) >= 11 is 0. The zero-order chi connectivity index (χ0) is 14.5. The predicted octanol–water partition coefficient (Wildman–Crippen LogP) is 0.978. The minimum absolute atomic E-state index is 0.250. The lowest BCUT2D eigenvalue weighted by molar-refractivity contribution is -0.0406. The summed E-state index contributed by atoms with van der Waals surface area (Å²) in [4.78, 5) is 24.4. The third kappa shape index (κ3) is 5.78. The summed E-state index contributed by atoms with van der Waals surface area (Å²) in [5.41, 5.74) is -0.519. The molecule has 0 bridgehead atoms. The Labute approximate surface area is 113 Å². The van der Waals surface area contributed by atoms with Crippen molar-refractivity contribution < 1.29 is 23.8 Å². The first kappa shape index (κ1) is 15.6. The molecule has 1 fully saturated rings. The summed E-state index contributed by atoms with van der Waals surface area (Å²) in [5.74, 6) is 0. The number of hydrogen-bond donors (Lipinski definition) is 1. The van der Waals surface area contributed by atoms with Gasteiger partial charge in [0, 0.05) is 13.1 Å². The van der Waals surface area contributed by atoms with Crippen LogP contribution in [0.4, 0.5) is 9.59 Å². The SMILES string of the molecule is COC(=O)NCC1CN(C(=O)OC(C)(C)C)CCO1. The molecule has 0 aliphatic carbocycles. The Morgan fingerprint density at radius 3 is 2.68 bits per heavy atom. The lowest BCUT2D eigenvalue weighted by atomic mass is 10.2. The summed E-state index contributed by atoms with van der Waals surface area (Å²) in [6.45, 7) is 7.06. The third-order valence-electron chi connectivity index (χ3n) is 2.45. The van der Waals surface area contributed by atoms with Gasteiger partial charge in [0.15, 0.2) is 0 Å². The van der Waals surface area contributed by atoms with Gasteiger partial charge in [-0.25, -0.2) is 9.59 Å². The van der Waals surface area contributed by atoms with Gasteiger partial charge in [-0.2, -0.15) is 0 Å². The number of hydrogen-bond acceptors (Lipinski definition) is 5. The van der Waals surface area contributed by atoms with Crippen LogP contribution in [0.15, 0.2) is 0 Å². The van der Waals surface area contributed by atoms with E-state index in [-0.39, 0.29) is 12.2 Å². The van der Waals surface area contributed by atoms with Crippen molar-refractivity contribution in [1.82, 2.24) is 10.2 Å². The number of ether oxygens (including phenoxy) is 3. The molecular weight excluding hydrogens is 252 g/mol. The minimum atomic E-state index is -0.519. The third-order valence-corrected chi connectivity index (χ3v) is 2.45. The van der Waals surface area contributed by atoms with Crippen LogP contribution in [-0.2, 0) is 14.2 Å². The highest BCUT2D eigenvalue weighted by Crippen LogP contribution is 2.12. The molecule has 1 aliphatic heterocycles. The van der Waals surface area contributed by atoms with Crippen molar-refractivity contribution in [1.29, 1.82) is 0 Å². The maximum Gasteiger partial charge on any atom is 0.410 e. The Balaban J connectivity index is 2.41. The van der Waals surface area contributed by atoms with Crippen molar-refractivity contribution in [3.05, 3.63) is 0 Å². The van der Waals surface area contributed by atoms with E-state index in [4.69, 9.17) is 9.47 Å². The highest BCUT2D eigenvalue weighted by Gasteiger charge is 2.28. The summed E-state index contributed by atoms with van der Waals surface area (Å²) in [5, 5.41) is 2.54. The molecule has 0 spiro atoms. The van der Waals surface area contributed by atoms with Crippen molar-refractivity contribution in [3.63, 3.8) is 0 Å². The van der Waals surface area contributed by atoms with Crippen LogP contribution in [0, 0.1) is 0 Å². The Bertz CT molecular complexity index is 327. The van der Waals surface area contributed by atoms with Crippen LogP contribution in [0.3, 0.4) is 0 Å². The monoisotopic (exact) mass is 274 g/mol. The Hall–Kier alpha value is -1.50. The van der Waals surface area contributed by atoms with E-state index < -0.39 is 11.7 Å². The van der Waals surface area contributed by atoms with E-state index in [0.717, 1.165) is 0 Å². The number of carbonyl (C=O) groups is 2. The normalized spacial score (nSPS) is 19.8. The van der Waals surface area contributed by atoms with E-state index in [1.54, 1.807) is 4.90 Å². The molecule has 110 valence electrons. The highest BCUT2D eigenvalue weighted by atomic mass is 16.6. The predicted molar refractivity (Wildman–Crippen MR) is 68.0 cm³/mol. The Morgan fingerprint density at radius 1 is 1.42 bits per heavy atom. The van der Waals surface area contributed by atoms with E-state index in [2.05, 4.69) is 10.1 Å². The van der Waals surface area contributed by atoms with E-state index in [9.17, 15) is 9.59 Å². The number of nitrogens with one attached hydrogen (secondary N) is 1. The lowest BCUT2D eigenvalue weighted by Gasteiger charge is -2.34. The van der Waals surface area contributed by atoms with Crippen LogP contribution in [0.5, 0.6) is 0 Å². The molecule has 19 heavy (non-hydrogen) atoms. The average molecular weight is 274 g/mol. The fourth-order valence-corrected chi connectivity index (χ4v) is 1.60. The molecule has 1 unspecified atom stereocenters. The van der Waals surface area contributed by atoms with Crippen LogP contribution in [0.2, 0.25) is 0 Å². The molecule has 1 heterocycles. The van der Waals surface area contributed by atoms with Gasteiger partial charge in [-0.05, 0) is 20.8 Å². The van der Waals surface area contributed by atoms with Crippen molar-refractivity contribution in [2.45, 2.75) is 32.5 Å². The van der Waals surface area contributed by atoms with Crippen LogP contribution < -0.4 is 5.32 Å². The van der Waals surface area contributed by atoms with Crippen LogP contribution in [-0.4, -0.2) is 62.1 Å². The van der Waals surface area contributed by atoms with E-state index in [1.807, 2.05) is 20.8 Å². The number of amides is 2. The molecule has 2 amide bonds. The molecule has 1 atom stereocenters. The quantitative estimate of drug-likeness (QED) is 0.812. The summed E-state index contributed by atoms with van der Waals surface area (Å²) < 4.78 is 15.2. The van der Waals surface area contributed by atoms with Crippen LogP contribution in [0.25, 0.3) is 0 Å². The number of rotatable bonds is 2. The van der Waals surface area contributed by atoms with Gasteiger partial charge in [-0.3, -0.25) is 0 Å². The van der Waals surface area contributed by atoms with Crippen LogP contribution in [0.1, 0.15) is 20.8 Å². The van der Waals surface area contributed by atoms with Gasteiger partial charge >= 0.3 is 12.2 Å². The first-order valence-corrected chi connectivity index (χ1v) is 6.23. The number of methoxy groups -OCH3 is 1. The second kappa shape index (κ2) is 6.60. The molecule has 0 aromatic heterocycles. The average Bonchev–Trinajstić information content (AvgIpc) is 2.34. The standard InChI is InChI=1S/C12H22N2O5/c1-12(2,3)19-11(16)14-5-6-18-9(8-14)7-13-10(15)17-4/h9H,5-8H2,1-4H3,(H,13,15). The van der Waals surface area contributed by atoms with Crippen molar-refractivity contribution in [2.75, 3.05) is 33.4 Å². The largest absolute Gasteiger partial charge is 0.453 e. The topological polar surface area (TPSA) is 77.1 Å². The molecular formula is C12H22N2O5. The van der Waals surface area contributed by atoms with Crippen molar-refractivity contribution in [3.8, 4) is 0 Å². The number of alkyl carbamates (subject to hydrolysis) is 1. The molecule has 0 aromatic carbocycles. The van der Waals surface area contributed by atoms with Gasteiger partial charge in [0.25, 0.3) is 0 Å². The van der Waals surface area contributed by atoms with E-state index in [0.29, 0.717) is 26.2 Å². The van der Waals surface area contributed by atoms with Gasteiger partial charge in [-0.1, -0.05) is 0 Å². The van der Waals surface area contributed by atoms with Crippen molar-refractivity contribution >= 4 is 12.2 Å². The minimum Gasteiger partial charge on any atom is -0.453 e. The van der Waals surface area contributed by atoms with Gasteiger partial charge in [0.05, 0.1) is 26.4 Å². The number of morpholine rings is 1. The smallest absolute Gasteiger partial charge is 0.410 e. The maximum absolute atomic E-state index is 11.9. The molecule has 1 aliphatic rings. The number of nitrogens with zero attached hydrogens (tertiary/aromatic N) is 1. The van der Waals surface area contributed by atoms with Gasteiger partial charge in [0.1, 0.15) is 5.60 Å². The molecule has 1 rings (SSSR count). The molecule has 1 N–H and O–H groups in total. The summed E-state index contributed by atoms with van der Waals surface area (Å²) in [7, 11) is 1.30. The van der Waals surface area contributed by atoms with E-state index >= 15 is 0 Å². The number of carbonyl (C=O) groups excluding carboxylic acids is 2. The molecule has 0 saturated carbocycles. The molecule has 0 radical (unpaired) electrons. The molecule has 0 aromatic rings. The van der Waals surface area contributed by atoms with Crippen LogP contribution >= 0.6 is 0 Å². The second-order valence-electron chi connectivity index (χ2n) is 5.29. The lowest BCUT2D eigenvalue weighted by Crippen LogP contribution is -2.50. The first-order chi connectivity index (χ1) is 8.81. The highest BCUT2D eigenvalue weighted by molar-refractivity contribution is 5.68. The van der Waals surface area contributed by atoms with Gasteiger partial charge in [-0.15, -0.1) is 0 Å². The molecule has 7 heteroatoms. The zero-order valence-corrected chi connectivity index (χ0v) is 11.9.